The Kier molecular flexibility index (Phi) is 7.38. The molecule has 1 unspecified atom stereocenters. The smallest absolute Gasteiger partial charge is 0.317 e. The summed E-state index contributed by atoms with van der Waals surface area (Å²) < 4.78 is 0. The molecule has 138 valence electrons. The van der Waals surface area contributed by atoms with Crippen molar-refractivity contribution < 1.29 is 9.59 Å². The molecule has 7 heteroatoms. The highest BCUT2D eigenvalue weighted by Crippen LogP contribution is 2.29. The summed E-state index contributed by atoms with van der Waals surface area (Å²) >= 11 is 12.1. The molecule has 0 aliphatic carbocycles. The molecule has 0 spiro atoms. The Bertz CT molecular complexity index is 618. The standard InChI is InChI=1S/C18H25Cl2N3O2/c1-13(15-7-6-14(19)12-16(15)20)22(2)18(25)21-9-8-17(24)23-10-4-3-5-11-23/h6-7,12-13H,3-5,8-11H2,1-2H3,(H,21,25). The number of benzene rings is 1. The Morgan fingerprint density at radius 3 is 2.56 bits per heavy atom. The predicted molar refractivity (Wildman–Crippen MR) is 101 cm³/mol. The summed E-state index contributed by atoms with van der Waals surface area (Å²) in [6.45, 7) is 3.89. The lowest BCUT2D eigenvalue weighted by atomic mass is 10.1. The van der Waals surface area contributed by atoms with Gasteiger partial charge in [0.2, 0.25) is 5.91 Å². The van der Waals surface area contributed by atoms with E-state index in [4.69, 9.17) is 23.2 Å². The third-order valence-electron chi connectivity index (χ3n) is 4.64. The maximum atomic E-state index is 12.3. The van der Waals surface area contributed by atoms with Gasteiger partial charge in [0.15, 0.2) is 0 Å². The van der Waals surface area contributed by atoms with E-state index in [0.29, 0.717) is 23.0 Å². The van der Waals surface area contributed by atoms with Gasteiger partial charge in [-0.1, -0.05) is 29.3 Å². The topological polar surface area (TPSA) is 52.7 Å². The summed E-state index contributed by atoms with van der Waals surface area (Å²) in [5.74, 6) is 0.108. The first-order valence-corrected chi connectivity index (χ1v) is 9.39. The summed E-state index contributed by atoms with van der Waals surface area (Å²) in [5.41, 5.74) is 0.827. The van der Waals surface area contributed by atoms with E-state index in [1.54, 1.807) is 24.1 Å². The van der Waals surface area contributed by atoms with Crippen LogP contribution in [-0.4, -0.2) is 48.4 Å². The molecule has 25 heavy (non-hydrogen) atoms. The monoisotopic (exact) mass is 385 g/mol. The Hall–Kier alpha value is -1.46. The van der Waals surface area contributed by atoms with Crippen LogP contribution in [0.4, 0.5) is 4.79 Å². The fraction of sp³-hybridized carbons (Fsp3) is 0.556. The normalized spacial score (nSPS) is 15.6. The van der Waals surface area contributed by atoms with Crippen LogP contribution >= 0.6 is 23.2 Å². The summed E-state index contributed by atoms with van der Waals surface area (Å²) in [6, 6.07) is 4.80. The number of halogens is 2. The van der Waals surface area contributed by atoms with Crippen LogP contribution in [0.1, 0.15) is 44.2 Å². The van der Waals surface area contributed by atoms with Gasteiger partial charge in [-0.15, -0.1) is 0 Å². The van der Waals surface area contributed by atoms with Gasteiger partial charge in [0.1, 0.15) is 0 Å². The minimum Gasteiger partial charge on any atom is -0.343 e. The van der Waals surface area contributed by atoms with Crippen LogP contribution in [-0.2, 0) is 4.79 Å². The second kappa shape index (κ2) is 9.30. The molecule has 5 nitrogen and oxygen atoms in total. The van der Waals surface area contributed by atoms with E-state index in [9.17, 15) is 9.59 Å². The molecule has 1 fully saturated rings. The molecule has 1 atom stereocenters. The zero-order valence-corrected chi connectivity index (χ0v) is 16.2. The molecular formula is C18H25Cl2N3O2. The fourth-order valence-electron chi connectivity index (χ4n) is 2.93. The van der Waals surface area contributed by atoms with Crippen LogP contribution in [0.5, 0.6) is 0 Å². The van der Waals surface area contributed by atoms with Gasteiger partial charge in [-0.05, 0) is 43.9 Å². The lowest BCUT2D eigenvalue weighted by Crippen LogP contribution is -2.41. The highest BCUT2D eigenvalue weighted by atomic mass is 35.5. The average Bonchev–Trinajstić information content (AvgIpc) is 2.61. The number of likely N-dealkylation sites (tertiary alicyclic amines) is 1. The van der Waals surface area contributed by atoms with Crippen LogP contribution in [0.25, 0.3) is 0 Å². The average molecular weight is 386 g/mol. The van der Waals surface area contributed by atoms with Crippen molar-refractivity contribution in [2.45, 2.75) is 38.6 Å². The first-order chi connectivity index (χ1) is 11.9. The Balaban J connectivity index is 1.82. The highest BCUT2D eigenvalue weighted by Gasteiger charge is 2.20. The number of urea groups is 1. The molecule has 2 rings (SSSR count). The van der Waals surface area contributed by atoms with E-state index in [0.717, 1.165) is 31.5 Å². The molecule has 0 bridgehead atoms. The summed E-state index contributed by atoms with van der Waals surface area (Å²) in [4.78, 5) is 27.9. The Morgan fingerprint density at radius 2 is 1.92 bits per heavy atom. The van der Waals surface area contributed by atoms with Crippen molar-refractivity contribution in [3.8, 4) is 0 Å². The van der Waals surface area contributed by atoms with Crippen molar-refractivity contribution in [1.82, 2.24) is 15.1 Å². The molecule has 1 N–H and O–H groups in total. The fourth-order valence-corrected chi connectivity index (χ4v) is 3.49. The first kappa shape index (κ1) is 19.9. The number of nitrogens with one attached hydrogen (secondary N) is 1. The van der Waals surface area contributed by atoms with Crippen LogP contribution in [0, 0.1) is 0 Å². The molecule has 0 saturated carbocycles. The molecule has 0 aromatic heterocycles. The molecule has 1 heterocycles. The van der Waals surface area contributed by atoms with E-state index in [-0.39, 0.29) is 18.0 Å². The number of rotatable bonds is 5. The van der Waals surface area contributed by atoms with Gasteiger partial charge in [0, 0.05) is 43.1 Å². The van der Waals surface area contributed by atoms with Gasteiger partial charge in [0.25, 0.3) is 0 Å². The van der Waals surface area contributed by atoms with E-state index in [2.05, 4.69) is 5.32 Å². The minimum atomic E-state index is -0.232. The van der Waals surface area contributed by atoms with Crippen molar-refractivity contribution in [3.63, 3.8) is 0 Å². The molecule has 1 aliphatic heterocycles. The first-order valence-electron chi connectivity index (χ1n) is 8.63. The van der Waals surface area contributed by atoms with Crippen molar-refractivity contribution in [3.05, 3.63) is 33.8 Å². The zero-order chi connectivity index (χ0) is 18.4. The van der Waals surface area contributed by atoms with Crippen LogP contribution in [0.2, 0.25) is 10.0 Å². The second-order valence-electron chi connectivity index (χ2n) is 6.38. The number of hydrogen-bond acceptors (Lipinski definition) is 2. The number of hydrogen-bond donors (Lipinski definition) is 1. The molecular weight excluding hydrogens is 361 g/mol. The number of nitrogens with zero attached hydrogens (tertiary/aromatic N) is 2. The van der Waals surface area contributed by atoms with E-state index >= 15 is 0 Å². The highest BCUT2D eigenvalue weighted by molar-refractivity contribution is 6.35. The quantitative estimate of drug-likeness (QED) is 0.829. The number of carbonyl (C=O) groups is 2. The largest absolute Gasteiger partial charge is 0.343 e. The molecule has 0 radical (unpaired) electrons. The summed E-state index contributed by atoms with van der Waals surface area (Å²) in [7, 11) is 1.71. The number of amides is 3. The SMILES string of the molecule is CC(c1ccc(Cl)cc1Cl)N(C)C(=O)NCCC(=O)N1CCCCC1. The molecule has 1 aromatic rings. The van der Waals surface area contributed by atoms with E-state index in [1.807, 2.05) is 17.9 Å². The Labute approximate surface area is 159 Å². The van der Waals surface area contributed by atoms with Crippen LogP contribution < -0.4 is 5.32 Å². The van der Waals surface area contributed by atoms with Gasteiger partial charge in [0.05, 0.1) is 6.04 Å². The minimum absolute atomic E-state index is 0.108. The molecule has 3 amide bonds. The van der Waals surface area contributed by atoms with Crippen LogP contribution in [0.3, 0.4) is 0 Å². The summed E-state index contributed by atoms with van der Waals surface area (Å²) in [6.07, 6.45) is 3.66. The lowest BCUT2D eigenvalue weighted by Gasteiger charge is -2.28. The number of carbonyl (C=O) groups excluding carboxylic acids is 2. The third-order valence-corrected chi connectivity index (χ3v) is 5.20. The third kappa shape index (κ3) is 5.51. The van der Waals surface area contributed by atoms with Crippen molar-refractivity contribution in [1.29, 1.82) is 0 Å². The maximum absolute atomic E-state index is 12.3. The molecule has 1 aliphatic rings. The van der Waals surface area contributed by atoms with Gasteiger partial charge in [-0.2, -0.15) is 0 Å². The van der Waals surface area contributed by atoms with Crippen molar-refractivity contribution >= 4 is 35.1 Å². The lowest BCUT2D eigenvalue weighted by molar-refractivity contribution is -0.131. The second-order valence-corrected chi connectivity index (χ2v) is 7.22. The predicted octanol–water partition coefficient (Wildman–Crippen LogP) is 4.10. The Morgan fingerprint density at radius 1 is 1.24 bits per heavy atom. The zero-order valence-electron chi connectivity index (χ0n) is 14.7. The van der Waals surface area contributed by atoms with Crippen LogP contribution in [0.15, 0.2) is 18.2 Å². The summed E-state index contributed by atoms with van der Waals surface area (Å²) in [5, 5.41) is 3.89. The van der Waals surface area contributed by atoms with Gasteiger partial charge < -0.3 is 15.1 Å². The maximum Gasteiger partial charge on any atom is 0.317 e. The van der Waals surface area contributed by atoms with Crippen molar-refractivity contribution in [2.75, 3.05) is 26.7 Å². The van der Waals surface area contributed by atoms with Gasteiger partial charge in [-0.25, -0.2) is 4.79 Å². The van der Waals surface area contributed by atoms with E-state index in [1.165, 1.54) is 6.42 Å². The number of piperidine rings is 1. The van der Waals surface area contributed by atoms with Crippen molar-refractivity contribution in [2.24, 2.45) is 0 Å². The molecule has 1 aromatic carbocycles. The molecule has 1 saturated heterocycles. The van der Waals surface area contributed by atoms with Gasteiger partial charge in [-0.3, -0.25) is 4.79 Å². The van der Waals surface area contributed by atoms with E-state index < -0.39 is 0 Å². The van der Waals surface area contributed by atoms with Gasteiger partial charge >= 0.3 is 6.03 Å².